The Morgan fingerprint density at radius 2 is 1.67 bits per heavy atom. The lowest BCUT2D eigenvalue weighted by atomic mass is 9.92. The van der Waals surface area contributed by atoms with Crippen LogP contribution in [0.3, 0.4) is 0 Å². The molecule has 1 aromatic rings. The van der Waals surface area contributed by atoms with Crippen molar-refractivity contribution in [2.75, 3.05) is 7.05 Å². The molecule has 0 saturated heterocycles. The van der Waals surface area contributed by atoms with Gasteiger partial charge in [-0.05, 0) is 39.8 Å². The molecule has 116 valence electrons. The molecule has 1 atom stereocenters. The Labute approximate surface area is 135 Å². The highest BCUT2D eigenvalue weighted by Crippen LogP contribution is 2.37. The van der Waals surface area contributed by atoms with Gasteiger partial charge in [-0.1, -0.05) is 29.3 Å². The molecule has 0 aliphatic carbocycles. The minimum Gasteiger partial charge on any atom is -0.444 e. The monoisotopic (exact) mass is 331 g/mol. The van der Waals surface area contributed by atoms with Crippen LogP contribution in [0.4, 0.5) is 4.79 Å². The predicted molar refractivity (Wildman–Crippen MR) is 83.9 cm³/mol. The minimum absolute atomic E-state index is 0.313. The molecule has 6 heteroatoms. The fourth-order valence-corrected chi connectivity index (χ4v) is 2.59. The van der Waals surface area contributed by atoms with E-state index in [0.29, 0.717) is 21.9 Å². The maximum Gasteiger partial charge on any atom is 0.411 e. The fourth-order valence-electron chi connectivity index (χ4n) is 1.81. The van der Waals surface area contributed by atoms with Gasteiger partial charge in [-0.15, -0.1) is 0 Å². The standard InChI is InChI=1S/C15H19Cl2NO3/c1-14(2,3)21-13(20)18(5)15(4,9-19)12-10(16)7-6-8-11(12)17/h6-9H,1-5H3. The number of carbonyl (C=O) groups excluding carboxylic acids is 2. The summed E-state index contributed by atoms with van der Waals surface area (Å²) in [5.74, 6) is 0. The molecule has 1 unspecified atom stereocenters. The molecule has 0 saturated carbocycles. The molecule has 21 heavy (non-hydrogen) atoms. The number of benzene rings is 1. The number of halogens is 2. The number of nitrogens with zero attached hydrogens (tertiary/aromatic N) is 1. The summed E-state index contributed by atoms with van der Waals surface area (Å²) in [4.78, 5) is 25.1. The molecule has 0 bridgehead atoms. The molecule has 0 fully saturated rings. The zero-order valence-corrected chi connectivity index (χ0v) is 14.2. The van der Waals surface area contributed by atoms with Crippen LogP contribution in [0.2, 0.25) is 10.0 Å². The smallest absolute Gasteiger partial charge is 0.411 e. The van der Waals surface area contributed by atoms with Gasteiger partial charge in [0.05, 0.1) is 0 Å². The molecule has 0 radical (unpaired) electrons. The number of likely N-dealkylation sites (N-methyl/N-ethyl adjacent to an activating group) is 1. The maximum absolute atomic E-state index is 12.2. The van der Waals surface area contributed by atoms with Crippen LogP contribution in [0, 0.1) is 0 Å². The van der Waals surface area contributed by atoms with E-state index in [4.69, 9.17) is 27.9 Å². The van der Waals surface area contributed by atoms with E-state index < -0.39 is 17.2 Å². The zero-order valence-electron chi connectivity index (χ0n) is 12.7. The highest BCUT2D eigenvalue weighted by molar-refractivity contribution is 6.36. The van der Waals surface area contributed by atoms with Crippen molar-refractivity contribution in [2.45, 2.75) is 38.8 Å². The first-order valence-electron chi connectivity index (χ1n) is 6.40. The lowest BCUT2D eigenvalue weighted by Gasteiger charge is -2.36. The van der Waals surface area contributed by atoms with Crippen LogP contribution in [-0.2, 0) is 15.1 Å². The summed E-state index contributed by atoms with van der Waals surface area (Å²) in [6, 6.07) is 4.91. The molecule has 0 aliphatic heterocycles. The van der Waals surface area contributed by atoms with Crippen molar-refractivity contribution < 1.29 is 14.3 Å². The Morgan fingerprint density at radius 3 is 2.05 bits per heavy atom. The highest BCUT2D eigenvalue weighted by atomic mass is 35.5. The third-order valence-electron chi connectivity index (χ3n) is 3.06. The number of aldehydes is 1. The van der Waals surface area contributed by atoms with E-state index in [9.17, 15) is 9.59 Å². The first-order valence-corrected chi connectivity index (χ1v) is 7.16. The second-order valence-electron chi connectivity index (χ2n) is 5.90. The quantitative estimate of drug-likeness (QED) is 0.777. The van der Waals surface area contributed by atoms with E-state index in [-0.39, 0.29) is 0 Å². The van der Waals surface area contributed by atoms with Gasteiger partial charge in [-0.25, -0.2) is 4.79 Å². The number of hydrogen-bond acceptors (Lipinski definition) is 3. The average Bonchev–Trinajstić information content (AvgIpc) is 2.35. The van der Waals surface area contributed by atoms with Crippen LogP contribution in [-0.4, -0.2) is 29.9 Å². The van der Waals surface area contributed by atoms with E-state index in [0.717, 1.165) is 0 Å². The first-order chi connectivity index (χ1) is 9.53. The molecule has 1 amide bonds. The van der Waals surface area contributed by atoms with Crippen LogP contribution in [0.5, 0.6) is 0 Å². The molecular weight excluding hydrogens is 313 g/mol. The molecule has 0 spiro atoms. The summed E-state index contributed by atoms with van der Waals surface area (Å²) < 4.78 is 5.29. The molecular formula is C15H19Cl2NO3. The van der Waals surface area contributed by atoms with Gasteiger partial charge in [0.2, 0.25) is 0 Å². The first kappa shape index (κ1) is 17.8. The number of amides is 1. The van der Waals surface area contributed by atoms with Gasteiger partial charge in [0.1, 0.15) is 17.4 Å². The third-order valence-corrected chi connectivity index (χ3v) is 3.69. The van der Waals surface area contributed by atoms with Gasteiger partial charge in [-0.3, -0.25) is 4.90 Å². The van der Waals surface area contributed by atoms with Crippen molar-refractivity contribution in [3.63, 3.8) is 0 Å². The second-order valence-corrected chi connectivity index (χ2v) is 6.72. The summed E-state index contributed by atoms with van der Waals surface area (Å²) >= 11 is 12.3. The van der Waals surface area contributed by atoms with Crippen molar-refractivity contribution in [3.8, 4) is 0 Å². The largest absolute Gasteiger partial charge is 0.444 e. The van der Waals surface area contributed by atoms with Gasteiger partial charge < -0.3 is 9.53 Å². The van der Waals surface area contributed by atoms with Crippen LogP contribution in [0.15, 0.2) is 18.2 Å². The molecule has 4 nitrogen and oxygen atoms in total. The Kier molecular flexibility index (Phi) is 5.29. The van der Waals surface area contributed by atoms with Crippen molar-refractivity contribution >= 4 is 35.6 Å². The Bertz CT molecular complexity index is 534. The summed E-state index contributed by atoms with van der Waals surface area (Å²) in [5.41, 5.74) is -1.62. The van der Waals surface area contributed by atoms with Crippen LogP contribution in [0.1, 0.15) is 33.3 Å². The number of ether oxygens (including phenoxy) is 1. The van der Waals surface area contributed by atoms with Crippen molar-refractivity contribution in [2.24, 2.45) is 0 Å². The van der Waals surface area contributed by atoms with Gasteiger partial charge in [0, 0.05) is 22.7 Å². The van der Waals surface area contributed by atoms with E-state index in [2.05, 4.69) is 0 Å². The molecule has 1 aromatic carbocycles. The molecule has 1 rings (SSSR count). The average molecular weight is 332 g/mol. The Hall–Kier alpha value is -1.26. The summed E-state index contributed by atoms with van der Waals surface area (Å²) in [6.45, 7) is 6.81. The third kappa shape index (κ3) is 3.89. The van der Waals surface area contributed by atoms with Crippen molar-refractivity contribution in [3.05, 3.63) is 33.8 Å². The van der Waals surface area contributed by atoms with Crippen LogP contribution >= 0.6 is 23.2 Å². The maximum atomic E-state index is 12.2. The normalized spacial score (nSPS) is 14.2. The number of carbonyl (C=O) groups is 2. The van der Waals surface area contributed by atoms with Crippen LogP contribution in [0.25, 0.3) is 0 Å². The van der Waals surface area contributed by atoms with E-state index in [1.807, 2.05) is 0 Å². The van der Waals surface area contributed by atoms with E-state index in [1.165, 1.54) is 11.9 Å². The summed E-state index contributed by atoms with van der Waals surface area (Å²) in [5, 5.41) is 0.625. The minimum atomic E-state index is -1.32. The summed E-state index contributed by atoms with van der Waals surface area (Å²) in [7, 11) is 1.47. The zero-order chi connectivity index (χ0) is 16.4. The highest BCUT2D eigenvalue weighted by Gasteiger charge is 2.39. The van der Waals surface area contributed by atoms with Gasteiger partial charge in [0.15, 0.2) is 0 Å². The van der Waals surface area contributed by atoms with Crippen LogP contribution < -0.4 is 0 Å². The van der Waals surface area contributed by atoms with Gasteiger partial charge >= 0.3 is 6.09 Å². The second kappa shape index (κ2) is 6.24. The Balaban J connectivity index is 3.27. The number of rotatable bonds is 3. The predicted octanol–water partition coefficient (Wildman–Crippen LogP) is 4.27. The Morgan fingerprint density at radius 1 is 1.19 bits per heavy atom. The molecule has 0 heterocycles. The van der Waals surface area contributed by atoms with Gasteiger partial charge in [-0.2, -0.15) is 0 Å². The fraction of sp³-hybridized carbons (Fsp3) is 0.467. The van der Waals surface area contributed by atoms with Crippen molar-refractivity contribution in [1.82, 2.24) is 4.90 Å². The topological polar surface area (TPSA) is 46.6 Å². The lowest BCUT2D eigenvalue weighted by molar-refractivity contribution is -0.117. The summed E-state index contributed by atoms with van der Waals surface area (Å²) in [6.07, 6.45) is -0.00242. The SMILES string of the molecule is CN(C(=O)OC(C)(C)C)C(C)(C=O)c1c(Cl)cccc1Cl. The van der Waals surface area contributed by atoms with Crippen molar-refractivity contribution in [1.29, 1.82) is 0 Å². The van der Waals surface area contributed by atoms with Gasteiger partial charge in [0.25, 0.3) is 0 Å². The van der Waals surface area contributed by atoms with E-state index in [1.54, 1.807) is 45.9 Å². The van der Waals surface area contributed by atoms with E-state index >= 15 is 0 Å². The number of hydrogen-bond donors (Lipinski definition) is 0. The lowest BCUT2D eigenvalue weighted by Crippen LogP contribution is -2.48. The molecule has 0 aliphatic rings. The molecule has 0 N–H and O–H groups in total. The molecule has 0 aromatic heterocycles.